The lowest BCUT2D eigenvalue weighted by Crippen LogP contribution is -2.11. The van der Waals surface area contributed by atoms with E-state index in [1.165, 1.54) is 11.1 Å². The first kappa shape index (κ1) is 14.1. The fourth-order valence-corrected chi connectivity index (χ4v) is 2.14. The number of ether oxygens (including phenoxy) is 1. The van der Waals surface area contributed by atoms with Crippen LogP contribution in [0.4, 0.5) is 0 Å². The fraction of sp³-hybridized carbons (Fsp3) is 0.176. The van der Waals surface area contributed by atoms with E-state index in [2.05, 4.69) is 40.7 Å². The van der Waals surface area contributed by atoms with Gasteiger partial charge in [-0.15, -0.1) is 10.2 Å². The van der Waals surface area contributed by atoms with E-state index >= 15 is 0 Å². The van der Waals surface area contributed by atoms with Crippen LogP contribution in [0.25, 0.3) is 0 Å². The molecule has 2 aromatic carbocycles. The van der Waals surface area contributed by atoms with Gasteiger partial charge < -0.3 is 10.2 Å². The molecule has 112 valence electrons. The Morgan fingerprint density at radius 2 is 1.77 bits per heavy atom. The normalized spacial score (nSPS) is 10.4. The molecule has 3 aromatic rings. The second kappa shape index (κ2) is 6.76. The summed E-state index contributed by atoms with van der Waals surface area (Å²) in [6, 6.07) is 16.4. The number of benzene rings is 2. The molecule has 0 atom stereocenters. The maximum Gasteiger partial charge on any atom is 0.138 e. The summed E-state index contributed by atoms with van der Waals surface area (Å²) in [6.07, 6.45) is 3.25. The molecule has 0 aliphatic heterocycles. The van der Waals surface area contributed by atoms with Gasteiger partial charge >= 0.3 is 0 Å². The molecular weight excluding hydrogens is 276 g/mol. The molecule has 0 spiro atoms. The summed E-state index contributed by atoms with van der Waals surface area (Å²) < 4.78 is 7.53. The maximum absolute atomic E-state index is 5.81. The first-order valence-corrected chi connectivity index (χ1v) is 7.15. The Bertz CT molecular complexity index is 708. The summed E-state index contributed by atoms with van der Waals surface area (Å²) >= 11 is 0. The molecule has 22 heavy (non-hydrogen) atoms. The van der Waals surface area contributed by atoms with Crippen molar-refractivity contribution in [2.24, 2.45) is 0 Å². The van der Waals surface area contributed by atoms with E-state index < -0.39 is 0 Å². The number of hydrogen-bond acceptors (Lipinski definition) is 4. The first-order valence-electron chi connectivity index (χ1n) is 7.15. The lowest BCUT2D eigenvalue weighted by Gasteiger charge is -2.09. The summed E-state index contributed by atoms with van der Waals surface area (Å²) in [5, 5.41) is 7.48. The van der Waals surface area contributed by atoms with E-state index in [-0.39, 0.29) is 0 Å². The molecule has 0 aliphatic rings. The summed E-state index contributed by atoms with van der Waals surface area (Å²) in [4.78, 5) is 0. The lowest BCUT2D eigenvalue weighted by atomic mass is 10.1. The molecule has 1 heterocycles. The van der Waals surface area contributed by atoms with Crippen molar-refractivity contribution in [1.82, 2.24) is 14.9 Å². The van der Waals surface area contributed by atoms with Gasteiger partial charge in [0.2, 0.25) is 0 Å². The number of aryl methyl sites for hydroxylation is 1. The maximum atomic E-state index is 5.81. The van der Waals surface area contributed by atoms with Crippen LogP contribution < -0.4 is 10.2 Å². The molecule has 0 bridgehead atoms. The molecule has 5 nitrogen and oxygen atoms in total. The van der Waals surface area contributed by atoms with Crippen LogP contribution in [0.2, 0.25) is 0 Å². The van der Waals surface area contributed by atoms with Crippen molar-refractivity contribution in [3.8, 4) is 5.75 Å². The largest absolute Gasteiger partial charge is 0.489 e. The van der Waals surface area contributed by atoms with Crippen LogP contribution in [0.15, 0.2) is 61.2 Å². The van der Waals surface area contributed by atoms with E-state index in [1.807, 2.05) is 30.3 Å². The average Bonchev–Trinajstić information content (AvgIpc) is 3.05. The minimum atomic E-state index is 0.583. The zero-order valence-corrected chi connectivity index (χ0v) is 12.4. The molecule has 1 aromatic heterocycles. The molecule has 0 saturated heterocycles. The van der Waals surface area contributed by atoms with Crippen molar-refractivity contribution in [1.29, 1.82) is 0 Å². The number of nitrogens with one attached hydrogen (secondary N) is 1. The minimum absolute atomic E-state index is 0.583. The Morgan fingerprint density at radius 1 is 1.00 bits per heavy atom. The molecule has 5 heteroatoms. The Balaban J connectivity index is 1.53. The highest BCUT2D eigenvalue weighted by Gasteiger charge is 1.98. The molecule has 0 amide bonds. The van der Waals surface area contributed by atoms with E-state index in [0.29, 0.717) is 13.2 Å². The van der Waals surface area contributed by atoms with Gasteiger partial charge in [-0.3, -0.25) is 0 Å². The predicted octanol–water partition coefficient (Wildman–Crippen LogP) is 2.91. The van der Waals surface area contributed by atoms with Crippen LogP contribution in [-0.2, 0) is 13.2 Å². The van der Waals surface area contributed by atoms with Gasteiger partial charge in [0.15, 0.2) is 0 Å². The number of nitrogens with zero attached hydrogens (tertiary/aromatic N) is 3. The lowest BCUT2D eigenvalue weighted by molar-refractivity contribution is 0.306. The third kappa shape index (κ3) is 3.85. The van der Waals surface area contributed by atoms with Crippen LogP contribution in [0.1, 0.15) is 16.7 Å². The quantitative estimate of drug-likeness (QED) is 0.759. The van der Waals surface area contributed by atoms with Crippen LogP contribution in [0.3, 0.4) is 0 Å². The molecular formula is C17H18N4O. The van der Waals surface area contributed by atoms with Crippen molar-refractivity contribution >= 4 is 0 Å². The number of aromatic nitrogens is 3. The average molecular weight is 294 g/mol. The van der Waals surface area contributed by atoms with Crippen LogP contribution in [0, 0.1) is 6.92 Å². The van der Waals surface area contributed by atoms with Gasteiger partial charge in [0.1, 0.15) is 25.0 Å². The molecule has 0 radical (unpaired) electrons. The molecule has 3 rings (SSSR count). The Hall–Kier alpha value is -2.82. The van der Waals surface area contributed by atoms with Crippen LogP contribution >= 0.6 is 0 Å². The molecule has 1 N–H and O–H groups in total. The first-order chi connectivity index (χ1) is 10.8. The third-order valence-electron chi connectivity index (χ3n) is 3.30. The Morgan fingerprint density at radius 3 is 2.50 bits per heavy atom. The van der Waals surface area contributed by atoms with Gasteiger partial charge in [0, 0.05) is 0 Å². The van der Waals surface area contributed by atoms with Gasteiger partial charge in [-0.25, -0.2) is 4.68 Å². The van der Waals surface area contributed by atoms with Gasteiger partial charge in [-0.05, 0) is 30.2 Å². The minimum Gasteiger partial charge on any atom is -0.489 e. The summed E-state index contributed by atoms with van der Waals surface area (Å²) in [6.45, 7) is 3.37. The van der Waals surface area contributed by atoms with E-state index in [4.69, 9.17) is 4.74 Å². The number of hydrogen-bond donors (Lipinski definition) is 1. The predicted molar refractivity (Wildman–Crippen MR) is 85.0 cm³/mol. The van der Waals surface area contributed by atoms with Gasteiger partial charge in [0.25, 0.3) is 0 Å². The highest BCUT2D eigenvalue weighted by molar-refractivity contribution is 5.28. The molecule has 0 aliphatic carbocycles. The summed E-state index contributed by atoms with van der Waals surface area (Å²) in [5.41, 5.74) is 6.76. The SMILES string of the molecule is Cc1cccc(COc2ccc(CNn3cnnc3)cc2)c1. The van der Waals surface area contributed by atoms with Gasteiger partial charge in [-0.1, -0.05) is 42.0 Å². The van der Waals surface area contributed by atoms with Gasteiger partial charge in [0.05, 0.1) is 6.54 Å². The van der Waals surface area contributed by atoms with E-state index in [0.717, 1.165) is 11.3 Å². The second-order valence-corrected chi connectivity index (χ2v) is 5.13. The smallest absolute Gasteiger partial charge is 0.138 e. The zero-order chi connectivity index (χ0) is 15.2. The summed E-state index contributed by atoms with van der Waals surface area (Å²) in [7, 11) is 0. The van der Waals surface area contributed by atoms with Crippen LogP contribution in [-0.4, -0.2) is 14.9 Å². The Kier molecular flexibility index (Phi) is 4.34. The highest BCUT2D eigenvalue weighted by Crippen LogP contribution is 2.15. The van der Waals surface area contributed by atoms with Crippen molar-refractivity contribution in [3.63, 3.8) is 0 Å². The zero-order valence-electron chi connectivity index (χ0n) is 12.4. The monoisotopic (exact) mass is 294 g/mol. The fourth-order valence-electron chi connectivity index (χ4n) is 2.14. The van der Waals surface area contributed by atoms with Crippen molar-refractivity contribution < 1.29 is 4.74 Å². The third-order valence-corrected chi connectivity index (χ3v) is 3.30. The molecule has 0 fully saturated rings. The van der Waals surface area contributed by atoms with E-state index in [1.54, 1.807) is 17.3 Å². The van der Waals surface area contributed by atoms with Gasteiger partial charge in [-0.2, -0.15) is 0 Å². The highest BCUT2D eigenvalue weighted by atomic mass is 16.5. The Labute approximate surface area is 129 Å². The molecule has 0 saturated carbocycles. The van der Waals surface area contributed by atoms with Crippen molar-refractivity contribution in [2.75, 3.05) is 5.43 Å². The standard InChI is InChI=1S/C17H18N4O/c1-14-3-2-4-16(9-14)11-22-17-7-5-15(6-8-17)10-20-21-12-18-19-13-21/h2-9,12-13,20H,10-11H2,1H3. The second-order valence-electron chi connectivity index (χ2n) is 5.13. The molecule has 0 unspecified atom stereocenters. The summed E-state index contributed by atoms with van der Waals surface area (Å²) in [5.74, 6) is 0.870. The van der Waals surface area contributed by atoms with E-state index in [9.17, 15) is 0 Å². The topological polar surface area (TPSA) is 52.0 Å². The van der Waals surface area contributed by atoms with Crippen molar-refractivity contribution in [2.45, 2.75) is 20.1 Å². The van der Waals surface area contributed by atoms with Crippen molar-refractivity contribution in [3.05, 3.63) is 77.9 Å². The number of rotatable bonds is 6. The van der Waals surface area contributed by atoms with Crippen LogP contribution in [0.5, 0.6) is 5.75 Å².